The molecular formula is C12H16N4O2. The van der Waals surface area contributed by atoms with Gasteiger partial charge in [-0.05, 0) is 25.0 Å². The molecule has 1 fully saturated rings. The molecule has 2 amide bonds. The number of rotatable bonds is 3. The number of piperidine rings is 1. The Labute approximate surface area is 105 Å². The molecule has 1 heterocycles. The van der Waals surface area contributed by atoms with Crippen molar-refractivity contribution in [2.45, 2.75) is 18.9 Å². The van der Waals surface area contributed by atoms with Crippen molar-refractivity contribution in [1.82, 2.24) is 10.6 Å². The summed E-state index contributed by atoms with van der Waals surface area (Å²) in [7, 11) is 0. The molecular weight excluding hydrogens is 232 g/mol. The van der Waals surface area contributed by atoms with Crippen molar-refractivity contribution < 1.29 is 9.59 Å². The summed E-state index contributed by atoms with van der Waals surface area (Å²) >= 11 is 0. The summed E-state index contributed by atoms with van der Waals surface area (Å²) in [6.07, 6.45) is 1.53. The van der Waals surface area contributed by atoms with Crippen molar-refractivity contribution in [2.24, 2.45) is 5.84 Å². The van der Waals surface area contributed by atoms with E-state index in [1.165, 1.54) is 0 Å². The summed E-state index contributed by atoms with van der Waals surface area (Å²) in [4.78, 5) is 23.6. The predicted octanol–water partition coefficient (Wildman–Crippen LogP) is -0.0194. The number of carbonyl (C=O) groups is 2. The lowest BCUT2D eigenvalue weighted by molar-refractivity contribution is -0.124. The van der Waals surface area contributed by atoms with Crippen LogP contribution in [-0.2, 0) is 4.79 Å². The molecule has 18 heavy (non-hydrogen) atoms. The Balaban J connectivity index is 2.09. The summed E-state index contributed by atoms with van der Waals surface area (Å²) in [6, 6.07) is 6.42. The van der Waals surface area contributed by atoms with Gasteiger partial charge in [0.15, 0.2) is 0 Å². The molecule has 1 aliphatic rings. The SMILES string of the molecule is NNc1ccccc1C(=O)NC1CCCNC1=O. The van der Waals surface area contributed by atoms with Gasteiger partial charge in [0.25, 0.3) is 5.91 Å². The minimum Gasteiger partial charge on any atom is -0.354 e. The molecule has 0 aliphatic carbocycles. The molecule has 0 aromatic heterocycles. The Morgan fingerprint density at radius 1 is 1.39 bits per heavy atom. The quantitative estimate of drug-likeness (QED) is 0.446. The predicted molar refractivity (Wildman–Crippen MR) is 67.8 cm³/mol. The molecule has 6 nitrogen and oxygen atoms in total. The molecule has 96 valence electrons. The molecule has 0 spiro atoms. The number of carbonyl (C=O) groups excluding carboxylic acids is 2. The number of para-hydroxylation sites is 1. The second-order valence-corrected chi connectivity index (χ2v) is 4.15. The number of nitrogen functional groups attached to an aromatic ring is 1. The Kier molecular flexibility index (Phi) is 3.78. The van der Waals surface area contributed by atoms with Gasteiger partial charge in [-0.25, -0.2) is 0 Å². The largest absolute Gasteiger partial charge is 0.354 e. The van der Waals surface area contributed by atoms with Gasteiger partial charge in [-0.1, -0.05) is 12.1 Å². The lowest BCUT2D eigenvalue weighted by Crippen LogP contribution is -2.50. The number of hydrogen-bond acceptors (Lipinski definition) is 4. The van der Waals surface area contributed by atoms with Crippen molar-refractivity contribution in [3.05, 3.63) is 29.8 Å². The number of benzene rings is 1. The molecule has 0 bridgehead atoms. The number of nitrogens with one attached hydrogen (secondary N) is 3. The van der Waals surface area contributed by atoms with Crippen molar-refractivity contribution in [3.63, 3.8) is 0 Å². The first kappa shape index (κ1) is 12.4. The standard InChI is InChI=1S/C12H16N4O2/c13-16-9-5-2-1-4-8(9)11(17)15-10-6-3-7-14-12(10)18/h1-2,4-5,10,16H,3,6-7,13H2,(H,14,18)(H,15,17). The number of hydrazine groups is 1. The highest BCUT2D eigenvalue weighted by Gasteiger charge is 2.24. The molecule has 0 radical (unpaired) electrons. The van der Waals surface area contributed by atoms with Crippen LogP contribution in [0.4, 0.5) is 5.69 Å². The summed E-state index contributed by atoms with van der Waals surface area (Å²) in [5, 5.41) is 5.44. The molecule has 1 aromatic rings. The van der Waals surface area contributed by atoms with Crippen LogP contribution in [0.2, 0.25) is 0 Å². The highest BCUT2D eigenvalue weighted by atomic mass is 16.2. The van der Waals surface area contributed by atoms with E-state index in [1.807, 2.05) is 0 Å². The van der Waals surface area contributed by atoms with Gasteiger partial charge in [0.2, 0.25) is 5.91 Å². The van der Waals surface area contributed by atoms with Gasteiger partial charge in [-0.2, -0.15) is 0 Å². The minimum absolute atomic E-state index is 0.132. The Morgan fingerprint density at radius 3 is 2.89 bits per heavy atom. The van der Waals surface area contributed by atoms with E-state index in [0.717, 1.165) is 6.42 Å². The Morgan fingerprint density at radius 2 is 2.17 bits per heavy atom. The first-order chi connectivity index (χ1) is 8.72. The fourth-order valence-corrected chi connectivity index (χ4v) is 1.95. The first-order valence-corrected chi connectivity index (χ1v) is 5.86. The lowest BCUT2D eigenvalue weighted by atomic mass is 10.1. The third kappa shape index (κ3) is 2.60. The van der Waals surface area contributed by atoms with Crippen molar-refractivity contribution in [1.29, 1.82) is 0 Å². The topological polar surface area (TPSA) is 96.2 Å². The third-order valence-corrected chi connectivity index (χ3v) is 2.92. The fourth-order valence-electron chi connectivity index (χ4n) is 1.95. The van der Waals surface area contributed by atoms with Crippen LogP contribution in [0.1, 0.15) is 23.2 Å². The molecule has 1 atom stereocenters. The highest BCUT2D eigenvalue weighted by Crippen LogP contribution is 2.14. The maximum absolute atomic E-state index is 12.1. The molecule has 1 saturated heterocycles. The van der Waals surface area contributed by atoms with Crippen LogP contribution in [0.3, 0.4) is 0 Å². The van der Waals surface area contributed by atoms with Crippen LogP contribution >= 0.6 is 0 Å². The van der Waals surface area contributed by atoms with Crippen LogP contribution < -0.4 is 21.9 Å². The van der Waals surface area contributed by atoms with E-state index in [1.54, 1.807) is 24.3 Å². The van der Waals surface area contributed by atoms with Gasteiger partial charge in [0.1, 0.15) is 6.04 Å². The van der Waals surface area contributed by atoms with E-state index >= 15 is 0 Å². The maximum atomic E-state index is 12.1. The maximum Gasteiger partial charge on any atom is 0.254 e. The zero-order valence-corrected chi connectivity index (χ0v) is 9.90. The highest BCUT2D eigenvalue weighted by molar-refractivity contribution is 6.01. The van der Waals surface area contributed by atoms with Gasteiger partial charge < -0.3 is 16.1 Å². The van der Waals surface area contributed by atoms with Crippen LogP contribution in [0, 0.1) is 0 Å². The summed E-state index contributed by atoms with van der Waals surface area (Å²) in [5.74, 6) is 4.91. The number of nitrogens with two attached hydrogens (primary N) is 1. The second-order valence-electron chi connectivity index (χ2n) is 4.15. The van der Waals surface area contributed by atoms with E-state index in [-0.39, 0.29) is 11.8 Å². The zero-order valence-electron chi connectivity index (χ0n) is 9.90. The molecule has 6 heteroatoms. The Hall–Kier alpha value is -2.08. The van der Waals surface area contributed by atoms with Crippen molar-refractivity contribution in [3.8, 4) is 0 Å². The second kappa shape index (κ2) is 5.50. The van der Waals surface area contributed by atoms with Crippen LogP contribution in [0.5, 0.6) is 0 Å². The molecule has 0 saturated carbocycles. The van der Waals surface area contributed by atoms with E-state index in [4.69, 9.17) is 5.84 Å². The van der Waals surface area contributed by atoms with Gasteiger partial charge >= 0.3 is 0 Å². The van der Waals surface area contributed by atoms with E-state index in [2.05, 4.69) is 16.1 Å². The van der Waals surface area contributed by atoms with E-state index in [0.29, 0.717) is 24.2 Å². The monoisotopic (exact) mass is 248 g/mol. The molecule has 2 rings (SSSR count). The molecule has 5 N–H and O–H groups in total. The van der Waals surface area contributed by atoms with Crippen LogP contribution in [-0.4, -0.2) is 24.4 Å². The van der Waals surface area contributed by atoms with Gasteiger partial charge in [-0.3, -0.25) is 15.4 Å². The third-order valence-electron chi connectivity index (χ3n) is 2.92. The van der Waals surface area contributed by atoms with Crippen LogP contribution in [0.25, 0.3) is 0 Å². The number of hydrogen-bond donors (Lipinski definition) is 4. The molecule has 1 unspecified atom stereocenters. The van der Waals surface area contributed by atoms with Gasteiger partial charge in [0, 0.05) is 6.54 Å². The minimum atomic E-state index is -0.461. The van der Waals surface area contributed by atoms with Gasteiger partial charge in [-0.15, -0.1) is 0 Å². The number of anilines is 1. The first-order valence-electron chi connectivity index (χ1n) is 5.86. The summed E-state index contributed by atoms with van der Waals surface area (Å²) < 4.78 is 0. The molecule has 1 aromatic carbocycles. The van der Waals surface area contributed by atoms with E-state index < -0.39 is 6.04 Å². The van der Waals surface area contributed by atoms with Crippen LogP contribution in [0.15, 0.2) is 24.3 Å². The molecule has 1 aliphatic heterocycles. The average molecular weight is 248 g/mol. The van der Waals surface area contributed by atoms with E-state index in [9.17, 15) is 9.59 Å². The zero-order chi connectivity index (χ0) is 13.0. The fraction of sp³-hybridized carbons (Fsp3) is 0.333. The van der Waals surface area contributed by atoms with Crippen molar-refractivity contribution in [2.75, 3.05) is 12.0 Å². The average Bonchev–Trinajstić information content (AvgIpc) is 2.41. The normalized spacial score (nSPS) is 18.9. The summed E-state index contributed by atoms with van der Waals surface area (Å²) in [6.45, 7) is 0.673. The van der Waals surface area contributed by atoms with Crippen molar-refractivity contribution >= 4 is 17.5 Å². The summed E-state index contributed by atoms with van der Waals surface area (Å²) in [5.41, 5.74) is 3.43. The Bertz CT molecular complexity index is 461. The number of amides is 2. The smallest absolute Gasteiger partial charge is 0.254 e. The van der Waals surface area contributed by atoms with Gasteiger partial charge in [0.05, 0.1) is 11.3 Å². The lowest BCUT2D eigenvalue weighted by Gasteiger charge is -2.23.